The van der Waals surface area contributed by atoms with E-state index in [4.69, 9.17) is 10.5 Å². The van der Waals surface area contributed by atoms with Crippen LogP contribution in [0.25, 0.3) is 5.57 Å². The minimum atomic E-state index is -4.35. The van der Waals surface area contributed by atoms with Crippen LogP contribution in [-0.4, -0.2) is 27.0 Å². The van der Waals surface area contributed by atoms with Gasteiger partial charge in [0, 0.05) is 24.0 Å². The summed E-state index contributed by atoms with van der Waals surface area (Å²) >= 11 is 0. The third-order valence-corrected chi connectivity index (χ3v) is 4.78. The lowest BCUT2D eigenvalue weighted by atomic mass is 10.0. The number of aromatic nitrogens is 3. The average molecular weight is 463 g/mol. The number of alkyl halides is 3. The van der Waals surface area contributed by atoms with E-state index in [9.17, 15) is 13.2 Å². The first-order valence-electron chi connectivity index (χ1n) is 11.2. The van der Waals surface area contributed by atoms with E-state index in [1.807, 2.05) is 30.7 Å². The van der Waals surface area contributed by atoms with E-state index in [2.05, 4.69) is 10.1 Å². The van der Waals surface area contributed by atoms with Crippen molar-refractivity contribution in [1.29, 1.82) is 0 Å². The van der Waals surface area contributed by atoms with E-state index < -0.39 is 11.7 Å². The molecular formula is C25H33F3N4O. The molecule has 1 aliphatic rings. The van der Waals surface area contributed by atoms with E-state index in [0.717, 1.165) is 31.5 Å². The molecule has 0 amide bonds. The number of hydrogen-bond donors (Lipinski definition) is 1. The van der Waals surface area contributed by atoms with E-state index in [-0.39, 0.29) is 6.10 Å². The second-order valence-electron chi connectivity index (χ2n) is 7.92. The Labute approximate surface area is 193 Å². The molecule has 0 saturated carbocycles. The van der Waals surface area contributed by atoms with Crippen molar-refractivity contribution in [3.05, 3.63) is 65.7 Å². The zero-order chi connectivity index (χ0) is 24.4. The largest absolute Gasteiger partial charge is 0.487 e. The standard InChI is InChI=1S/C17H21F3N2.C8H12N2O/c1-3-7-13(11-14(8-4-2)17(18,19)20)16-12-15-9-5-6-10-22(15)21-16;1-6(2)11-7-4-3-5-10-8(7)9/h3,7-8,11-12H,4-6,9-10H2,1-2H3;3-6H,1-2H3,(H2,9,10)/b7-3-,13-11+,14-8-;. The summed E-state index contributed by atoms with van der Waals surface area (Å²) in [6, 6.07) is 5.52. The van der Waals surface area contributed by atoms with Crippen molar-refractivity contribution in [3.8, 4) is 5.75 Å². The molecule has 33 heavy (non-hydrogen) atoms. The van der Waals surface area contributed by atoms with Crippen LogP contribution in [0.3, 0.4) is 0 Å². The van der Waals surface area contributed by atoms with E-state index >= 15 is 0 Å². The van der Waals surface area contributed by atoms with Crippen molar-refractivity contribution in [2.75, 3.05) is 5.73 Å². The Hall–Kier alpha value is -3.03. The number of rotatable bonds is 6. The molecule has 0 atom stereocenters. The molecular weight excluding hydrogens is 429 g/mol. The fraction of sp³-hybridized carbons (Fsp3) is 0.440. The van der Waals surface area contributed by atoms with Gasteiger partial charge in [-0.1, -0.05) is 25.2 Å². The quantitative estimate of drug-likeness (QED) is 0.496. The van der Waals surface area contributed by atoms with Crippen LogP contribution in [0.15, 0.2) is 54.3 Å². The van der Waals surface area contributed by atoms with Gasteiger partial charge in [-0.2, -0.15) is 18.3 Å². The third kappa shape index (κ3) is 8.11. The van der Waals surface area contributed by atoms with Crippen molar-refractivity contribution in [2.45, 2.75) is 72.2 Å². The molecule has 0 spiro atoms. The molecule has 3 heterocycles. The molecule has 0 unspecified atom stereocenters. The summed E-state index contributed by atoms with van der Waals surface area (Å²) in [6.45, 7) is 8.24. The van der Waals surface area contributed by atoms with Crippen LogP contribution in [0, 0.1) is 0 Å². The number of aryl methyl sites for hydroxylation is 2. The zero-order valence-corrected chi connectivity index (χ0v) is 19.7. The maximum atomic E-state index is 13.1. The van der Waals surface area contributed by atoms with E-state index in [1.54, 1.807) is 38.3 Å². The maximum absolute atomic E-state index is 13.1. The van der Waals surface area contributed by atoms with Gasteiger partial charge in [0.1, 0.15) is 0 Å². The second kappa shape index (κ2) is 12.3. The van der Waals surface area contributed by atoms with Crippen molar-refractivity contribution < 1.29 is 17.9 Å². The van der Waals surface area contributed by atoms with Crippen molar-refractivity contribution in [1.82, 2.24) is 14.8 Å². The summed E-state index contributed by atoms with van der Waals surface area (Å²) in [5.74, 6) is 1.10. The second-order valence-corrected chi connectivity index (χ2v) is 7.92. The molecule has 0 aromatic carbocycles. The Balaban J connectivity index is 0.000000294. The highest BCUT2D eigenvalue weighted by Crippen LogP contribution is 2.31. The first-order chi connectivity index (χ1) is 15.7. The van der Waals surface area contributed by atoms with Crippen LogP contribution in [0.2, 0.25) is 0 Å². The van der Waals surface area contributed by atoms with Gasteiger partial charge in [0.05, 0.1) is 17.4 Å². The van der Waals surface area contributed by atoms with Gasteiger partial charge in [0.25, 0.3) is 0 Å². The summed E-state index contributed by atoms with van der Waals surface area (Å²) in [7, 11) is 0. The first-order valence-corrected chi connectivity index (χ1v) is 11.2. The molecule has 1 aliphatic heterocycles. The van der Waals surface area contributed by atoms with Crippen molar-refractivity contribution in [3.63, 3.8) is 0 Å². The lowest BCUT2D eigenvalue weighted by molar-refractivity contribution is -0.0883. The predicted molar refractivity (Wildman–Crippen MR) is 127 cm³/mol. The summed E-state index contributed by atoms with van der Waals surface area (Å²) in [5.41, 5.74) is 7.13. The normalized spacial score (nSPS) is 14.8. The molecule has 8 heteroatoms. The van der Waals surface area contributed by atoms with Gasteiger partial charge in [-0.25, -0.2) is 4.98 Å². The topological polar surface area (TPSA) is 66.0 Å². The molecule has 3 rings (SSSR count). The minimum Gasteiger partial charge on any atom is -0.487 e. The average Bonchev–Trinajstić information content (AvgIpc) is 3.18. The van der Waals surface area contributed by atoms with Gasteiger partial charge in [-0.05, 0) is 70.7 Å². The molecule has 2 N–H and O–H groups in total. The van der Waals surface area contributed by atoms with E-state index in [1.165, 1.54) is 12.2 Å². The van der Waals surface area contributed by atoms with Crippen LogP contribution in [0.1, 0.15) is 58.3 Å². The molecule has 0 aliphatic carbocycles. The summed E-state index contributed by atoms with van der Waals surface area (Å²) < 4.78 is 46.5. The lowest BCUT2D eigenvalue weighted by Crippen LogP contribution is -2.11. The van der Waals surface area contributed by atoms with Gasteiger partial charge < -0.3 is 10.5 Å². The van der Waals surface area contributed by atoms with Gasteiger partial charge >= 0.3 is 6.18 Å². The molecule has 0 saturated heterocycles. The molecule has 5 nitrogen and oxygen atoms in total. The highest BCUT2D eigenvalue weighted by Gasteiger charge is 2.32. The molecule has 180 valence electrons. The summed E-state index contributed by atoms with van der Waals surface area (Å²) in [5, 5.41) is 4.47. The number of nitrogen functional groups attached to an aromatic ring is 1. The number of nitrogens with two attached hydrogens (primary N) is 1. The SMILES string of the molecule is CC(C)Oc1cccnc1N.C\C=C/C(=C\C(=C\CC)C(F)(F)F)c1cc2n(n1)CCCC2. The number of fused-ring (bicyclic) bond motifs is 1. The number of nitrogens with zero attached hydrogens (tertiary/aromatic N) is 3. The first kappa shape index (κ1) is 26.2. The maximum Gasteiger partial charge on any atom is 0.416 e. The molecule has 0 radical (unpaired) electrons. The lowest BCUT2D eigenvalue weighted by Gasteiger charge is -2.11. The smallest absolute Gasteiger partial charge is 0.416 e. The Bertz CT molecular complexity index is 964. The van der Waals surface area contributed by atoms with Crippen LogP contribution in [0.4, 0.5) is 19.0 Å². The van der Waals surface area contributed by atoms with E-state index in [0.29, 0.717) is 29.3 Å². The number of ether oxygens (including phenoxy) is 1. The van der Waals surface area contributed by atoms with Crippen LogP contribution in [-0.2, 0) is 13.0 Å². The Kier molecular flexibility index (Phi) is 9.75. The molecule has 2 aromatic heterocycles. The van der Waals surface area contributed by atoms with Crippen molar-refractivity contribution in [2.24, 2.45) is 0 Å². The van der Waals surface area contributed by atoms with Crippen molar-refractivity contribution >= 4 is 11.4 Å². The Morgan fingerprint density at radius 3 is 2.64 bits per heavy atom. The number of halogens is 3. The fourth-order valence-electron chi connectivity index (χ4n) is 3.35. The molecule has 2 aromatic rings. The van der Waals surface area contributed by atoms with Gasteiger partial charge in [0.2, 0.25) is 0 Å². The van der Waals surface area contributed by atoms with Crippen LogP contribution < -0.4 is 10.5 Å². The third-order valence-electron chi connectivity index (χ3n) is 4.78. The van der Waals surface area contributed by atoms with Gasteiger partial charge in [-0.15, -0.1) is 0 Å². The predicted octanol–water partition coefficient (Wildman–Crippen LogP) is 6.53. The highest BCUT2D eigenvalue weighted by molar-refractivity contribution is 5.74. The molecule has 0 bridgehead atoms. The van der Waals surface area contributed by atoms with Gasteiger partial charge in [-0.3, -0.25) is 4.68 Å². The van der Waals surface area contributed by atoms with Gasteiger partial charge in [0.15, 0.2) is 11.6 Å². The van der Waals surface area contributed by atoms with Crippen LogP contribution >= 0.6 is 0 Å². The number of allylic oxidation sites excluding steroid dienone is 6. The zero-order valence-electron chi connectivity index (χ0n) is 19.7. The number of pyridine rings is 1. The Morgan fingerprint density at radius 1 is 1.30 bits per heavy atom. The minimum absolute atomic E-state index is 0.140. The highest BCUT2D eigenvalue weighted by atomic mass is 19.4. The Morgan fingerprint density at radius 2 is 2.06 bits per heavy atom. The number of anilines is 1. The van der Waals surface area contributed by atoms with Crippen LogP contribution in [0.5, 0.6) is 5.75 Å². The monoisotopic (exact) mass is 462 g/mol. The summed E-state index contributed by atoms with van der Waals surface area (Å²) in [4.78, 5) is 3.88. The number of hydrogen-bond acceptors (Lipinski definition) is 4. The molecule has 0 fully saturated rings. The fourth-order valence-corrected chi connectivity index (χ4v) is 3.35. The summed E-state index contributed by atoms with van der Waals surface area (Å²) in [6.07, 6.45) is 6.72.